The van der Waals surface area contributed by atoms with E-state index in [2.05, 4.69) is 10.4 Å². The molecule has 0 aliphatic heterocycles. The molecule has 6 heteroatoms. The molecule has 2 aromatic rings. The SMILES string of the molecule is COC(C(=O)NC(C)(C)c1cnn(C)c1)c1ccc(O)cc1. The lowest BCUT2D eigenvalue weighted by Gasteiger charge is -2.27. The van der Waals surface area contributed by atoms with Crippen LogP contribution in [0.15, 0.2) is 36.7 Å². The van der Waals surface area contributed by atoms with Crippen LogP contribution in [0.3, 0.4) is 0 Å². The van der Waals surface area contributed by atoms with Gasteiger partial charge in [-0.25, -0.2) is 0 Å². The van der Waals surface area contributed by atoms with E-state index in [0.717, 1.165) is 5.56 Å². The molecule has 22 heavy (non-hydrogen) atoms. The highest BCUT2D eigenvalue weighted by molar-refractivity contribution is 5.83. The molecule has 2 N–H and O–H groups in total. The first-order valence-electron chi connectivity index (χ1n) is 6.96. The van der Waals surface area contributed by atoms with E-state index in [-0.39, 0.29) is 11.7 Å². The molecule has 0 saturated carbocycles. The molecule has 1 aromatic heterocycles. The van der Waals surface area contributed by atoms with Gasteiger partial charge in [-0.1, -0.05) is 12.1 Å². The number of phenolic OH excluding ortho intramolecular Hbond substituents is 1. The summed E-state index contributed by atoms with van der Waals surface area (Å²) in [7, 11) is 3.31. The Balaban J connectivity index is 2.17. The number of nitrogens with one attached hydrogen (secondary N) is 1. The third-order valence-corrected chi connectivity index (χ3v) is 3.53. The second-order valence-corrected chi connectivity index (χ2v) is 5.72. The molecule has 1 unspecified atom stereocenters. The summed E-state index contributed by atoms with van der Waals surface area (Å²) in [6.07, 6.45) is 2.85. The number of rotatable bonds is 5. The lowest BCUT2D eigenvalue weighted by Crippen LogP contribution is -2.43. The molecular formula is C16H21N3O3. The molecule has 0 radical (unpaired) electrons. The van der Waals surface area contributed by atoms with Crippen molar-refractivity contribution in [3.63, 3.8) is 0 Å². The Morgan fingerprint density at radius 1 is 1.36 bits per heavy atom. The van der Waals surface area contributed by atoms with E-state index in [0.29, 0.717) is 5.56 Å². The summed E-state index contributed by atoms with van der Waals surface area (Å²) in [5, 5.41) is 16.4. The van der Waals surface area contributed by atoms with Crippen LogP contribution in [-0.2, 0) is 22.1 Å². The molecule has 1 atom stereocenters. The highest BCUT2D eigenvalue weighted by atomic mass is 16.5. The van der Waals surface area contributed by atoms with Gasteiger partial charge in [0.15, 0.2) is 6.10 Å². The Kier molecular flexibility index (Phi) is 4.51. The molecule has 118 valence electrons. The van der Waals surface area contributed by atoms with Crippen LogP contribution in [0, 0.1) is 0 Å². The molecule has 0 spiro atoms. The Morgan fingerprint density at radius 2 is 2.00 bits per heavy atom. The van der Waals surface area contributed by atoms with Crippen molar-refractivity contribution in [2.75, 3.05) is 7.11 Å². The van der Waals surface area contributed by atoms with Crippen molar-refractivity contribution in [3.05, 3.63) is 47.8 Å². The highest BCUT2D eigenvalue weighted by Gasteiger charge is 2.29. The van der Waals surface area contributed by atoms with Gasteiger partial charge in [0, 0.05) is 25.9 Å². The van der Waals surface area contributed by atoms with Crippen molar-refractivity contribution in [1.29, 1.82) is 0 Å². The number of amides is 1. The smallest absolute Gasteiger partial charge is 0.254 e. The minimum absolute atomic E-state index is 0.148. The first-order chi connectivity index (χ1) is 10.3. The third-order valence-electron chi connectivity index (χ3n) is 3.53. The van der Waals surface area contributed by atoms with Crippen LogP contribution < -0.4 is 5.32 Å². The Morgan fingerprint density at radius 3 is 2.50 bits per heavy atom. The number of nitrogens with zero attached hydrogens (tertiary/aromatic N) is 2. The number of aromatic nitrogens is 2. The van der Waals surface area contributed by atoms with Gasteiger partial charge in [-0.2, -0.15) is 5.10 Å². The quantitative estimate of drug-likeness (QED) is 0.884. The van der Waals surface area contributed by atoms with Crippen molar-refractivity contribution >= 4 is 5.91 Å². The predicted molar refractivity (Wildman–Crippen MR) is 82.2 cm³/mol. The molecule has 2 rings (SSSR count). The van der Waals surface area contributed by atoms with E-state index >= 15 is 0 Å². The first-order valence-corrected chi connectivity index (χ1v) is 6.96. The van der Waals surface area contributed by atoms with Crippen LogP contribution in [-0.4, -0.2) is 27.9 Å². The average molecular weight is 303 g/mol. The number of aryl methyl sites for hydroxylation is 1. The number of ether oxygens (including phenoxy) is 1. The van der Waals surface area contributed by atoms with Crippen LogP contribution in [0.1, 0.15) is 31.1 Å². The Hall–Kier alpha value is -2.34. The maximum absolute atomic E-state index is 12.5. The molecule has 0 aliphatic rings. The number of hydrogen-bond donors (Lipinski definition) is 2. The third kappa shape index (κ3) is 3.46. The highest BCUT2D eigenvalue weighted by Crippen LogP contribution is 2.24. The van der Waals surface area contributed by atoms with Gasteiger partial charge in [0.25, 0.3) is 5.91 Å². The fraction of sp³-hybridized carbons (Fsp3) is 0.375. The number of methoxy groups -OCH3 is 1. The fourth-order valence-electron chi connectivity index (χ4n) is 2.23. The minimum Gasteiger partial charge on any atom is -0.508 e. The largest absolute Gasteiger partial charge is 0.508 e. The molecular weight excluding hydrogens is 282 g/mol. The van der Waals surface area contributed by atoms with Crippen LogP contribution >= 0.6 is 0 Å². The molecule has 1 amide bonds. The summed E-state index contributed by atoms with van der Waals surface area (Å²) in [4.78, 5) is 12.5. The van der Waals surface area contributed by atoms with E-state index in [1.54, 1.807) is 23.0 Å². The second-order valence-electron chi connectivity index (χ2n) is 5.72. The number of aromatic hydroxyl groups is 1. The minimum atomic E-state index is -0.739. The van der Waals surface area contributed by atoms with Crippen molar-refractivity contribution in [2.24, 2.45) is 7.05 Å². The van der Waals surface area contributed by atoms with Crippen molar-refractivity contribution in [2.45, 2.75) is 25.5 Å². The molecule has 0 fully saturated rings. The van der Waals surface area contributed by atoms with Crippen LogP contribution in [0.25, 0.3) is 0 Å². The summed E-state index contributed by atoms with van der Waals surface area (Å²) in [6.45, 7) is 3.82. The Labute approximate surface area is 129 Å². The van der Waals surface area contributed by atoms with Gasteiger partial charge in [0.2, 0.25) is 0 Å². The predicted octanol–water partition coefficient (Wildman–Crippen LogP) is 1.86. The summed E-state index contributed by atoms with van der Waals surface area (Å²) in [5.74, 6) is -0.100. The summed E-state index contributed by atoms with van der Waals surface area (Å²) in [5.41, 5.74) is 1.02. The number of hydrogen-bond acceptors (Lipinski definition) is 4. The molecule has 6 nitrogen and oxygen atoms in total. The van der Waals surface area contributed by atoms with Gasteiger partial charge in [0.1, 0.15) is 5.75 Å². The van der Waals surface area contributed by atoms with E-state index in [1.165, 1.54) is 19.2 Å². The zero-order chi connectivity index (χ0) is 16.3. The zero-order valence-electron chi connectivity index (χ0n) is 13.2. The van der Waals surface area contributed by atoms with Gasteiger partial charge in [0.05, 0.1) is 11.7 Å². The topological polar surface area (TPSA) is 76.4 Å². The lowest BCUT2D eigenvalue weighted by molar-refractivity contribution is -0.133. The van der Waals surface area contributed by atoms with Gasteiger partial charge in [-0.15, -0.1) is 0 Å². The lowest BCUT2D eigenvalue weighted by atomic mass is 9.96. The van der Waals surface area contributed by atoms with Crippen LogP contribution in [0.4, 0.5) is 0 Å². The van der Waals surface area contributed by atoms with Gasteiger partial charge in [-0.05, 0) is 31.5 Å². The maximum Gasteiger partial charge on any atom is 0.254 e. The van der Waals surface area contributed by atoms with Gasteiger partial charge in [-0.3, -0.25) is 9.48 Å². The van der Waals surface area contributed by atoms with Crippen LogP contribution in [0.2, 0.25) is 0 Å². The normalized spacial score (nSPS) is 12.9. The second kappa shape index (κ2) is 6.19. The molecule has 0 bridgehead atoms. The molecule has 0 aliphatic carbocycles. The standard InChI is InChI=1S/C16H21N3O3/c1-16(2,12-9-17-19(3)10-12)18-15(21)14(22-4)11-5-7-13(20)8-6-11/h5-10,14,20H,1-4H3,(H,18,21). The van der Waals surface area contributed by atoms with Crippen LogP contribution in [0.5, 0.6) is 5.75 Å². The van der Waals surface area contributed by atoms with E-state index in [4.69, 9.17) is 4.74 Å². The number of carbonyl (C=O) groups is 1. The van der Waals surface area contributed by atoms with Crippen molar-refractivity contribution in [3.8, 4) is 5.75 Å². The van der Waals surface area contributed by atoms with Crippen molar-refractivity contribution < 1.29 is 14.6 Å². The average Bonchev–Trinajstić information content (AvgIpc) is 2.89. The number of carbonyl (C=O) groups excluding carboxylic acids is 1. The monoisotopic (exact) mass is 303 g/mol. The molecule has 1 heterocycles. The molecule has 0 saturated heterocycles. The number of phenols is 1. The number of benzene rings is 1. The fourth-order valence-corrected chi connectivity index (χ4v) is 2.23. The van der Waals surface area contributed by atoms with Crippen molar-refractivity contribution in [1.82, 2.24) is 15.1 Å². The van der Waals surface area contributed by atoms with E-state index < -0.39 is 11.6 Å². The first kappa shape index (κ1) is 16.0. The summed E-state index contributed by atoms with van der Waals surface area (Å²) in [6, 6.07) is 6.39. The molecule has 1 aromatic carbocycles. The maximum atomic E-state index is 12.5. The van der Waals surface area contributed by atoms with E-state index in [1.807, 2.05) is 27.1 Å². The van der Waals surface area contributed by atoms with Gasteiger partial charge < -0.3 is 15.2 Å². The summed E-state index contributed by atoms with van der Waals surface area (Å²) >= 11 is 0. The zero-order valence-corrected chi connectivity index (χ0v) is 13.2. The summed E-state index contributed by atoms with van der Waals surface area (Å²) < 4.78 is 7.00. The Bertz CT molecular complexity index is 647. The van der Waals surface area contributed by atoms with E-state index in [9.17, 15) is 9.90 Å². The van der Waals surface area contributed by atoms with Gasteiger partial charge >= 0.3 is 0 Å².